The number of piperidine rings is 2. The van der Waals surface area contributed by atoms with E-state index in [0.29, 0.717) is 45.1 Å². The average molecular weight is 630 g/mol. The number of carbonyl (C=O) groups excluding carboxylic acids is 2. The fraction of sp³-hybridized carbons (Fsp3) is 0.484. The Morgan fingerprint density at radius 2 is 1.76 bits per heavy atom. The summed E-state index contributed by atoms with van der Waals surface area (Å²) in [4.78, 5) is 39.2. The van der Waals surface area contributed by atoms with Crippen molar-refractivity contribution in [2.75, 3.05) is 59.7 Å². The van der Waals surface area contributed by atoms with E-state index in [1.165, 1.54) is 18.3 Å². The van der Waals surface area contributed by atoms with Crippen LogP contribution in [0.3, 0.4) is 0 Å². The van der Waals surface area contributed by atoms with Crippen LogP contribution in [0, 0.1) is 17.2 Å². The zero-order chi connectivity index (χ0) is 31.8. The second kappa shape index (κ2) is 12.2. The van der Waals surface area contributed by atoms with Crippen LogP contribution in [0.15, 0.2) is 47.0 Å². The van der Waals surface area contributed by atoms with E-state index in [0.717, 1.165) is 32.1 Å². The molecule has 1 atom stereocenters. The number of urea groups is 1. The Morgan fingerprint density at radius 3 is 2.44 bits per heavy atom. The highest BCUT2D eigenvalue weighted by atomic mass is 19.4. The second-order valence-corrected chi connectivity index (χ2v) is 12.3. The SMILES string of the molecule is CC1CCCN(c2nc(C(F)(F)F)c(C(=O)Nc3ccc(N4CCC5(CCN(C(=O)Nc6ccccc6F)C5)CC4)nc3)o2)C1. The first kappa shape index (κ1) is 30.7. The highest BCUT2D eigenvalue weighted by Crippen LogP contribution is 2.41. The van der Waals surface area contributed by atoms with Crippen molar-refractivity contribution >= 4 is 35.1 Å². The summed E-state index contributed by atoms with van der Waals surface area (Å²) in [5, 5.41) is 5.12. The first-order valence-electron chi connectivity index (χ1n) is 15.2. The van der Waals surface area contributed by atoms with E-state index >= 15 is 0 Å². The minimum atomic E-state index is -4.86. The Labute approximate surface area is 257 Å². The second-order valence-electron chi connectivity index (χ2n) is 12.3. The number of anilines is 4. The van der Waals surface area contributed by atoms with Crippen LogP contribution in [-0.4, -0.2) is 66.1 Å². The van der Waals surface area contributed by atoms with E-state index in [9.17, 15) is 27.2 Å². The lowest BCUT2D eigenvalue weighted by atomic mass is 9.78. The molecule has 0 radical (unpaired) electrons. The van der Waals surface area contributed by atoms with Crippen LogP contribution in [0.2, 0.25) is 0 Å². The lowest BCUT2D eigenvalue weighted by Gasteiger charge is -2.39. The number of benzene rings is 1. The molecule has 1 spiro atoms. The highest BCUT2D eigenvalue weighted by Gasteiger charge is 2.43. The van der Waals surface area contributed by atoms with E-state index in [2.05, 4.69) is 25.5 Å². The molecule has 3 aromatic rings. The maximum atomic E-state index is 14.0. The fourth-order valence-electron chi connectivity index (χ4n) is 6.47. The summed E-state index contributed by atoms with van der Waals surface area (Å²) in [6.07, 6.45) is 0.830. The monoisotopic (exact) mass is 629 g/mol. The van der Waals surface area contributed by atoms with Crippen LogP contribution in [0.5, 0.6) is 0 Å². The van der Waals surface area contributed by atoms with Crippen molar-refractivity contribution in [2.45, 2.75) is 45.2 Å². The van der Waals surface area contributed by atoms with E-state index in [1.54, 1.807) is 34.1 Å². The summed E-state index contributed by atoms with van der Waals surface area (Å²) >= 11 is 0. The van der Waals surface area contributed by atoms with Gasteiger partial charge >= 0.3 is 12.2 Å². The third kappa shape index (κ3) is 6.69. The Bertz CT molecular complexity index is 1540. The normalized spacial score (nSPS) is 20.0. The van der Waals surface area contributed by atoms with Gasteiger partial charge < -0.3 is 29.8 Å². The molecule has 2 N–H and O–H groups in total. The summed E-state index contributed by atoms with van der Waals surface area (Å²) in [6, 6.07) is 8.85. The van der Waals surface area contributed by atoms with Crippen molar-refractivity contribution in [3.05, 3.63) is 59.9 Å². The van der Waals surface area contributed by atoms with Gasteiger partial charge in [0.2, 0.25) is 5.76 Å². The third-order valence-electron chi connectivity index (χ3n) is 9.01. The van der Waals surface area contributed by atoms with Crippen molar-refractivity contribution in [2.24, 2.45) is 11.3 Å². The van der Waals surface area contributed by atoms with Gasteiger partial charge in [-0.05, 0) is 67.7 Å². The maximum absolute atomic E-state index is 14.0. The largest absolute Gasteiger partial charge is 0.437 e. The first-order chi connectivity index (χ1) is 21.5. The van der Waals surface area contributed by atoms with Crippen LogP contribution >= 0.6 is 0 Å². The zero-order valence-electron chi connectivity index (χ0n) is 24.9. The molecule has 3 fully saturated rings. The van der Waals surface area contributed by atoms with Crippen LogP contribution < -0.4 is 20.4 Å². The molecule has 0 aliphatic carbocycles. The van der Waals surface area contributed by atoms with Gasteiger partial charge in [-0.25, -0.2) is 14.2 Å². The predicted molar refractivity (Wildman–Crippen MR) is 160 cm³/mol. The molecule has 14 heteroatoms. The van der Waals surface area contributed by atoms with Gasteiger partial charge in [0, 0.05) is 39.3 Å². The summed E-state index contributed by atoms with van der Waals surface area (Å²) in [6.45, 7) is 5.60. The number of nitrogens with one attached hydrogen (secondary N) is 2. The predicted octanol–water partition coefficient (Wildman–Crippen LogP) is 6.24. The number of nitrogens with zero attached hydrogens (tertiary/aromatic N) is 5. The minimum Gasteiger partial charge on any atom is -0.417 e. The molecule has 5 heterocycles. The highest BCUT2D eigenvalue weighted by molar-refractivity contribution is 6.03. The van der Waals surface area contributed by atoms with Gasteiger partial charge in [-0.2, -0.15) is 18.2 Å². The van der Waals surface area contributed by atoms with Crippen molar-refractivity contribution < 1.29 is 31.6 Å². The molecule has 3 aliphatic rings. The number of aromatic nitrogens is 2. The number of oxazole rings is 1. The Balaban J connectivity index is 1.05. The number of para-hydroxylation sites is 1. The molecule has 0 saturated carbocycles. The average Bonchev–Trinajstić information content (AvgIpc) is 3.65. The first-order valence-corrected chi connectivity index (χ1v) is 15.2. The molecule has 0 bridgehead atoms. The van der Waals surface area contributed by atoms with Crippen LogP contribution in [0.25, 0.3) is 0 Å². The molecular weight excluding hydrogens is 594 g/mol. The summed E-state index contributed by atoms with van der Waals surface area (Å²) in [5.74, 6) is -1.46. The molecule has 240 valence electrons. The lowest BCUT2D eigenvalue weighted by molar-refractivity contribution is -0.141. The number of halogens is 4. The maximum Gasteiger partial charge on any atom is 0.437 e. The molecule has 6 rings (SSSR count). The summed E-state index contributed by atoms with van der Waals surface area (Å²) in [7, 11) is 0. The van der Waals surface area contributed by atoms with E-state index in [-0.39, 0.29) is 34.8 Å². The van der Waals surface area contributed by atoms with Crippen molar-refractivity contribution in [3.8, 4) is 0 Å². The van der Waals surface area contributed by atoms with Gasteiger partial charge in [0.25, 0.3) is 11.9 Å². The van der Waals surface area contributed by atoms with Gasteiger partial charge in [-0.3, -0.25) is 4.79 Å². The molecule has 3 aliphatic heterocycles. The topological polar surface area (TPSA) is 107 Å². The van der Waals surface area contributed by atoms with Gasteiger partial charge in [0.1, 0.15) is 11.6 Å². The van der Waals surface area contributed by atoms with E-state index < -0.39 is 29.4 Å². The zero-order valence-corrected chi connectivity index (χ0v) is 24.9. The summed E-state index contributed by atoms with van der Waals surface area (Å²) in [5.41, 5.74) is -1.00. The quantitative estimate of drug-likeness (QED) is 0.322. The number of hydrogen-bond donors (Lipinski definition) is 2. The number of carbonyl (C=O) groups is 2. The lowest BCUT2D eigenvalue weighted by Crippen LogP contribution is -2.43. The molecular formula is C31H35F4N7O3. The standard InChI is InChI=1S/C31H35F4N7O3/c1-20-5-4-13-41(18-20)29-39-26(31(33,34)35)25(45-29)27(43)37-21-8-9-24(36-17-21)40-14-10-30(11-15-40)12-16-42(19-30)28(44)38-23-7-3-2-6-22(23)32/h2-3,6-9,17,20H,4-5,10-16,18-19H2,1H3,(H,37,43)(H,38,44). The van der Waals surface area contributed by atoms with Crippen molar-refractivity contribution in [1.82, 2.24) is 14.9 Å². The smallest absolute Gasteiger partial charge is 0.417 e. The fourth-order valence-corrected chi connectivity index (χ4v) is 6.47. The molecule has 45 heavy (non-hydrogen) atoms. The van der Waals surface area contributed by atoms with Crippen molar-refractivity contribution in [3.63, 3.8) is 0 Å². The number of rotatable bonds is 5. The number of pyridine rings is 1. The van der Waals surface area contributed by atoms with E-state index in [4.69, 9.17) is 4.42 Å². The third-order valence-corrected chi connectivity index (χ3v) is 9.01. The van der Waals surface area contributed by atoms with Crippen molar-refractivity contribution in [1.29, 1.82) is 0 Å². The number of likely N-dealkylation sites (tertiary alicyclic amines) is 1. The number of alkyl halides is 3. The van der Waals surface area contributed by atoms with Crippen LogP contribution in [-0.2, 0) is 6.18 Å². The Hall–Kier alpha value is -4.36. The summed E-state index contributed by atoms with van der Waals surface area (Å²) < 4.78 is 60.7. The molecule has 3 saturated heterocycles. The van der Waals surface area contributed by atoms with Gasteiger partial charge in [-0.15, -0.1) is 0 Å². The molecule has 10 nitrogen and oxygen atoms in total. The number of hydrogen-bond acceptors (Lipinski definition) is 7. The number of amides is 3. The Morgan fingerprint density at radius 1 is 1.00 bits per heavy atom. The van der Waals surface area contributed by atoms with Crippen LogP contribution in [0.1, 0.15) is 55.3 Å². The molecule has 2 aromatic heterocycles. The molecule has 1 unspecified atom stereocenters. The van der Waals surface area contributed by atoms with Gasteiger partial charge in [0.05, 0.1) is 17.6 Å². The van der Waals surface area contributed by atoms with E-state index in [1.807, 2.05) is 6.92 Å². The van der Waals surface area contributed by atoms with Crippen LogP contribution in [0.4, 0.5) is 45.6 Å². The van der Waals surface area contributed by atoms with Gasteiger partial charge in [0.15, 0.2) is 5.69 Å². The van der Waals surface area contributed by atoms with Gasteiger partial charge in [-0.1, -0.05) is 19.1 Å². The molecule has 3 amide bonds. The molecule has 1 aromatic carbocycles. The minimum absolute atomic E-state index is 0.0324. The Kier molecular flexibility index (Phi) is 8.31.